The number of benzene rings is 1. The van der Waals surface area contributed by atoms with E-state index < -0.39 is 0 Å². The van der Waals surface area contributed by atoms with Gasteiger partial charge in [-0.25, -0.2) is 0 Å². The minimum atomic E-state index is -0.173. The van der Waals surface area contributed by atoms with Crippen molar-refractivity contribution in [3.05, 3.63) is 42.6 Å². The number of nitrogens with two attached hydrogens (primary N) is 1. The standard InChI is InChI=1S/C11H8BrIN2OS/c12-6-1-2-7(13)9(5-6)15-11(16)10-8(14)3-4-17-10/h1-5H,14H2,(H,15,16). The molecule has 0 fully saturated rings. The molecule has 3 nitrogen and oxygen atoms in total. The zero-order valence-corrected chi connectivity index (χ0v) is 13.1. The monoisotopic (exact) mass is 422 g/mol. The predicted molar refractivity (Wildman–Crippen MR) is 83.5 cm³/mol. The van der Waals surface area contributed by atoms with E-state index in [2.05, 4.69) is 43.8 Å². The summed E-state index contributed by atoms with van der Waals surface area (Å²) < 4.78 is 1.90. The topological polar surface area (TPSA) is 55.1 Å². The SMILES string of the molecule is Nc1ccsc1C(=O)Nc1cc(Br)ccc1I. The number of hydrogen-bond acceptors (Lipinski definition) is 3. The summed E-state index contributed by atoms with van der Waals surface area (Å²) in [4.78, 5) is 12.5. The molecule has 0 saturated heterocycles. The molecule has 0 aliphatic heterocycles. The number of nitrogens with one attached hydrogen (secondary N) is 1. The molecule has 0 atom stereocenters. The fourth-order valence-corrected chi connectivity index (χ4v) is 2.82. The Morgan fingerprint density at radius 1 is 1.41 bits per heavy atom. The van der Waals surface area contributed by atoms with Crippen molar-refractivity contribution in [2.24, 2.45) is 0 Å². The van der Waals surface area contributed by atoms with Crippen LogP contribution in [-0.2, 0) is 0 Å². The lowest BCUT2D eigenvalue weighted by molar-refractivity contribution is 0.103. The van der Waals surface area contributed by atoms with Crippen LogP contribution in [0.1, 0.15) is 9.67 Å². The Morgan fingerprint density at radius 3 is 2.82 bits per heavy atom. The van der Waals surface area contributed by atoms with Gasteiger partial charge < -0.3 is 11.1 Å². The molecule has 0 aliphatic carbocycles. The molecule has 1 amide bonds. The van der Waals surface area contributed by atoms with E-state index in [0.717, 1.165) is 13.7 Å². The highest BCUT2D eigenvalue weighted by molar-refractivity contribution is 14.1. The molecule has 0 spiro atoms. The summed E-state index contributed by atoms with van der Waals surface area (Å²) in [5.74, 6) is -0.173. The molecule has 0 saturated carbocycles. The van der Waals surface area contributed by atoms with Crippen LogP contribution in [0.3, 0.4) is 0 Å². The van der Waals surface area contributed by atoms with Gasteiger partial charge in [-0.15, -0.1) is 11.3 Å². The third-order valence-electron chi connectivity index (χ3n) is 2.08. The van der Waals surface area contributed by atoms with Gasteiger partial charge in [-0.3, -0.25) is 4.79 Å². The summed E-state index contributed by atoms with van der Waals surface area (Å²) in [5.41, 5.74) is 6.99. The summed E-state index contributed by atoms with van der Waals surface area (Å²) >= 11 is 6.88. The van der Waals surface area contributed by atoms with E-state index in [-0.39, 0.29) is 5.91 Å². The van der Waals surface area contributed by atoms with Gasteiger partial charge in [-0.1, -0.05) is 15.9 Å². The highest BCUT2D eigenvalue weighted by Crippen LogP contribution is 2.25. The first-order chi connectivity index (χ1) is 8.08. The zero-order chi connectivity index (χ0) is 12.4. The van der Waals surface area contributed by atoms with Crippen LogP contribution in [0.4, 0.5) is 11.4 Å². The minimum Gasteiger partial charge on any atom is -0.397 e. The molecule has 0 radical (unpaired) electrons. The minimum absolute atomic E-state index is 0.173. The summed E-state index contributed by atoms with van der Waals surface area (Å²) in [7, 11) is 0. The lowest BCUT2D eigenvalue weighted by atomic mass is 10.3. The fraction of sp³-hybridized carbons (Fsp3) is 0. The van der Waals surface area contributed by atoms with Gasteiger partial charge in [0.05, 0.1) is 11.4 Å². The van der Waals surface area contributed by atoms with Gasteiger partial charge >= 0.3 is 0 Å². The number of carbonyl (C=O) groups is 1. The molecule has 6 heteroatoms. The van der Waals surface area contributed by atoms with Gasteiger partial charge in [0.15, 0.2) is 0 Å². The van der Waals surface area contributed by atoms with E-state index in [0.29, 0.717) is 10.6 Å². The number of nitrogen functional groups attached to an aromatic ring is 1. The van der Waals surface area contributed by atoms with E-state index >= 15 is 0 Å². The zero-order valence-electron chi connectivity index (χ0n) is 8.54. The first kappa shape index (κ1) is 12.8. The second kappa shape index (κ2) is 5.36. The third kappa shape index (κ3) is 2.99. The van der Waals surface area contributed by atoms with Gasteiger partial charge in [0.2, 0.25) is 0 Å². The van der Waals surface area contributed by atoms with Crippen LogP contribution >= 0.6 is 49.9 Å². The average molecular weight is 423 g/mol. The second-order valence-electron chi connectivity index (χ2n) is 3.28. The van der Waals surface area contributed by atoms with E-state index in [1.807, 2.05) is 18.2 Å². The number of anilines is 2. The summed E-state index contributed by atoms with van der Waals surface area (Å²) in [5, 5.41) is 4.65. The Morgan fingerprint density at radius 2 is 2.18 bits per heavy atom. The molecular weight excluding hydrogens is 415 g/mol. The van der Waals surface area contributed by atoms with Crippen molar-refractivity contribution < 1.29 is 4.79 Å². The van der Waals surface area contributed by atoms with Gasteiger partial charge in [0.25, 0.3) is 5.91 Å². The summed E-state index contributed by atoms with van der Waals surface area (Å²) in [6.07, 6.45) is 0. The molecule has 1 heterocycles. The molecule has 0 aliphatic rings. The molecule has 0 unspecified atom stereocenters. The van der Waals surface area contributed by atoms with E-state index in [9.17, 15) is 4.79 Å². The van der Waals surface area contributed by atoms with Crippen molar-refractivity contribution in [3.8, 4) is 0 Å². The van der Waals surface area contributed by atoms with Crippen molar-refractivity contribution in [1.29, 1.82) is 0 Å². The number of rotatable bonds is 2. The van der Waals surface area contributed by atoms with Crippen molar-refractivity contribution in [3.63, 3.8) is 0 Å². The normalized spacial score (nSPS) is 10.2. The Kier molecular flexibility index (Phi) is 4.05. The second-order valence-corrected chi connectivity index (χ2v) is 6.28. The molecule has 0 bridgehead atoms. The third-order valence-corrected chi connectivity index (χ3v) is 4.44. The van der Waals surface area contributed by atoms with Crippen LogP contribution in [0.2, 0.25) is 0 Å². The first-order valence-electron chi connectivity index (χ1n) is 4.67. The average Bonchev–Trinajstić information content (AvgIpc) is 2.70. The molecule has 1 aromatic heterocycles. The maximum absolute atomic E-state index is 12.0. The smallest absolute Gasteiger partial charge is 0.267 e. The maximum Gasteiger partial charge on any atom is 0.267 e. The molecule has 3 N–H and O–H groups in total. The van der Waals surface area contributed by atoms with E-state index in [1.54, 1.807) is 11.4 Å². The van der Waals surface area contributed by atoms with Crippen LogP contribution in [0.15, 0.2) is 34.1 Å². The molecular formula is C11H8BrIN2OS. The number of halogens is 2. The predicted octanol–water partition coefficient (Wildman–Crippen LogP) is 3.95. The van der Waals surface area contributed by atoms with Crippen LogP contribution in [0, 0.1) is 3.57 Å². The van der Waals surface area contributed by atoms with Crippen molar-refractivity contribution in [2.75, 3.05) is 11.1 Å². The van der Waals surface area contributed by atoms with E-state index in [4.69, 9.17) is 5.73 Å². The fourth-order valence-electron chi connectivity index (χ4n) is 1.28. The van der Waals surface area contributed by atoms with Crippen LogP contribution in [0.25, 0.3) is 0 Å². The lowest BCUT2D eigenvalue weighted by Crippen LogP contribution is -2.12. The molecule has 2 rings (SSSR count). The number of amides is 1. The van der Waals surface area contributed by atoms with Gasteiger partial charge in [0.1, 0.15) is 4.88 Å². The summed E-state index contributed by atoms with van der Waals surface area (Å²) in [6, 6.07) is 7.45. The van der Waals surface area contributed by atoms with Crippen LogP contribution in [0.5, 0.6) is 0 Å². The largest absolute Gasteiger partial charge is 0.397 e. The van der Waals surface area contributed by atoms with Crippen molar-refractivity contribution in [2.45, 2.75) is 0 Å². The van der Waals surface area contributed by atoms with Gasteiger partial charge in [-0.05, 0) is 52.2 Å². The molecule has 2 aromatic rings. The lowest BCUT2D eigenvalue weighted by Gasteiger charge is -2.07. The molecule has 1 aromatic carbocycles. The maximum atomic E-state index is 12.0. The van der Waals surface area contributed by atoms with Gasteiger partial charge in [0, 0.05) is 8.04 Å². The Labute approximate surface area is 125 Å². The Bertz CT molecular complexity index is 570. The molecule has 17 heavy (non-hydrogen) atoms. The highest BCUT2D eigenvalue weighted by atomic mass is 127. The Hall–Kier alpha value is -0.600. The number of hydrogen-bond donors (Lipinski definition) is 2. The van der Waals surface area contributed by atoms with Crippen molar-refractivity contribution in [1.82, 2.24) is 0 Å². The van der Waals surface area contributed by atoms with Crippen LogP contribution in [-0.4, -0.2) is 5.91 Å². The van der Waals surface area contributed by atoms with Gasteiger partial charge in [-0.2, -0.15) is 0 Å². The number of thiophene rings is 1. The van der Waals surface area contributed by atoms with E-state index in [1.165, 1.54) is 11.3 Å². The summed E-state index contributed by atoms with van der Waals surface area (Å²) in [6.45, 7) is 0. The molecule has 88 valence electrons. The van der Waals surface area contributed by atoms with Crippen LogP contribution < -0.4 is 11.1 Å². The highest BCUT2D eigenvalue weighted by Gasteiger charge is 2.12. The Balaban J connectivity index is 2.24. The number of carbonyl (C=O) groups excluding carboxylic acids is 1. The first-order valence-corrected chi connectivity index (χ1v) is 7.42. The quantitative estimate of drug-likeness (QED) is 0.720. The van der Waals surface area contributed by atoms with Crippen molar-refractivity contribution >= 4 is 67.1 Å².